The Hall–Kier alpha value is -1.90. The Kier molecular flexibility index (Phi) is 2.43. The summed E-state index contributed by atoms with van der Waals surface area (Å²) >= 11 is 0. The second-order valence-corrected chi connectivity index (χ2v) is 6.18. The van der Waals surface area contributed by atoms with Crippen LogP contribution in [0.2, 0.25) is 0 Å². The largest absolute Gasteiger partial charge is 0.438 e. The molecule has 1 aromatic heterocycles. The van der Waals surface area contributed by atoms with Crippen LogP contribution >= 0.6 is 0 Å². The van der Waals surface area contributed by atoms with E-state index in [0.717, 1.165) is 16.5 Å². The van der Waals surface area contributed by atoms with Crippen LogP contribution in [0, 0.1) is 5.41 Å². The van der Waals surface area contributed by atoms with E-state index in [-0.39, 0.29) is 11.0 Å². The molecule has 0 aliphatic carbocycles. The molecule has 0 unspecified atom stereocenters. The summed E-state index contributed by atoms with van der Waals surface area (Å²) in [5, 5.41) is 1.09. The molecular weight excluding hydrogens is 236 g/mol. The van der Waals surface area contributed by atoms with Gasteiger partial charge in [-0.3, -0.25) is 4.99 Å². The molecule has 0 N–H and O–H groups in total. The topological polar surface area (TPSA) is 37.9 Å². The van der Waals surface area contributed by atoms with Gasteiger partial charge in [-0.05, 0) is 33.8 Å². The summed E-state index contributed by atoms with van der Waals surface area (Å²) in [5.41, 5.74) is 1.43. The number of aliphatic imine (C=N–C) groups is 2. The fourth-order valence-corrected chi connectivity index (χ4v) is 2.37. The summed E-state index contributed by atoms with van der Waals surface area (Å²) in [6.45, 7) is 8.37. The van der Waals surface area contributed by atoms with Crippen LogP contribution in [-0.4, -0.2) is 12.4 Å². The SMILES string of the molecule is CC1(C)C=Nc2oc3ccccc3c2C(C)(C)N=C1. The molecule has 1 aliphatic heterocycles. The van der Waals surface area contributed by atoms with Gasteiger partial charge in [0, 0.05) is 23.2 Å². The molecule has 1 aliphatic rings. The zero-order valence-electron chi connectivity index (χ0n) is 11.8. The predicted molar refractivity (Wildman–Crippen MR) is 79.7 cm³/mol. The summed E-state index contributed by atoms with van der Waals surface area (Å²) in [4.78, 5) is 9.31. The Morgan fingerprint density at radius 2 is 1.74 bits per heavy atom. The van der Waals surface area contributed by atoms with Gasteiger partial charge in [0.2, 0.25) is 5.88 Å². The molecule has 0 bridgehead atoms. The average molecular weight is 254 g/mol. The summed E-state index contributed by atoms with van der Waals surface area (Å²) in [5.74, 6) is 0.677. The smallest absolute Gasteiger partial charge is 0.225 e. The van der Waals surface area contributed by atoms with Crippen molar-refractivity contribution in [3.05, 3.63) is 29.8 Å². The van der Waals surface area contributed by atoms with Crippen molar-refractivity contribution in [2.75, 3.05) is 0 Å². The van der Waals surface area contributed by atoms with E-state index in [0.29, 0.717) is 5.88 Å². The van der Waals surface area contributed by atoms with Gasteiger partial charge in [0.15, 0.2) is 0 Å². The van der Waals surface area contributed by atoms with Crippen LogP contribution in [0.15, 0.2) is 38.7 Å². The average Bonchev–Trinajstić information content (AvgIpc) is 2.72. The van der Waals surface area contributed by atoms with Crippen LogP contribution in [0.4, 0.5) is 5.88 Å². The van der Waals surface area contributed by atoms with Crippen molar-refractivity contribution < 1.29 is 4.42 Å². The van der Waals surface area contributed by atoms with Crippen molar-refractivity contribution in [3.8, 4) is 0 Å². The number of hydrogen-bond donors (Lipinski definition) is 0. The van der Waals surface area contributed by atoms with E-state index in [1.165, 1.54) is 0 Å². The maximum atomic E-state index is 5.88. The highest BCUT2D eigenvalue weighted by molar-refractivity contribution is 5.93. The summed E-state index contributed by atoms with van der Waals surface area (Å²) in [6.07, 6.45) is 3.87. The highest BCUT2D eigenvalue weighted by atomic mass is 16.3. The van der Waals surface area contributed by atoms with Crippen LogP contribution in [0.3, 0.4) is 0 Å². The monoisotopic (exact) mass is 254 g/mol. The number of rotatable bonds is 0. The Labute approximate surface area is 113 Å². The van der Waals surface area contributed by atoms with E-state index < -0.39 is 0 Å². The molecule has 0 atom stereocenters. The minimum atomic E-state index is -0.336. The van der Waals surface area contributed by atoms with E-state index in [1.807, 2.05) is 30.6 Å². The first-order chi connectivity index (χ1) is 8.89. The third kappa shape index (κ3) is 1.99. The van der Waals surface area contributed by atoms with Gasteiger partial charge in [0.25, 0.3) is 0 Å². The number of hydrogen-bond acceptors (Lipinski definition) is 3. The van der Waals surface area contributed by atoms with Crippen molar-refractivity contribution in [2.24, 2.45) is 15.4 Å². The number of fused-ring (bicyclic) bond motifs is 3. The third-order valence-electron chi connectivity index (χ3n) is 3.42. The molecule has 0 radical (unpaired) electrons. The van der Waals surface area contributed by atoms with Gasteiger partial charge in [-0.2, -0.15) is 0 Å². The van der Waals surface area contributed by atoms with Gasteiger partial charge in [0.05, 0.1) is 11.1 Å². The molecule has 19 heavy (non-hydrogen) atoms. The van der Waals surface area contributed by atoms with Crippen LogP contribution < -0.4 is 0 Å². The lowest BCUT2D eigenvalue weighted by atomic mass is 9.90. The van der Waals surface area contributed by atoms with Gasteiger partial charge in [-0.15, -0.1) is 0 Å². The highest BCUT2D eigenvalue weighted by Crippen LogP contribution is 2.42. The van der Waals surface area contributed by atoms with Crippen molar-refractivity contribution in [3.63, 3.8) is 0 Å². The van der Waals surface area contributed by atoms with E-state index in [1.54, 1.807) is 0 Å². The molecule has 2 heterocycles. The quantitative estimate of drug-likeness (QED) is 0.683. The van der Waals surface area contributed by atoms with Crippen molar-refractivity contribution in [1.82, 2.24) is 0 Å². The van der Waals surface area contributed by atoms with Gasteiger partial charge in [-0.25, -0.2) is 4.99 Å². The molecule has 1 aromatic carbocycles. The highest BCUT2D eigenvalue weighted by Gasteiger charge is 2.30. The molecule has 0 saturated carbocycles. The zero-order chi connectivity index (χ0) is 13.7. The first kappa shape index (κ1) is 12.2. The molecule has 98 valence electrons. The van der Waals surface area contributed by atoms with E-state index in [9.17, 15) is 0 Å². The Morgan fingerprint density at radius 1 is 1.00 bits per heavy atom. The molecule has 0 amide bonds. The van der Waals surface area contributed by atoms with E-state index in [4.69, 9.17) is 9.41 Å². The van der Waals surface area contributed by atoms with Crippen molar-refractivity contribution in [1.29, 1.82) is 0 Å². The van der Waals surface area contributed by atoms with E-state index >= 15 is 0 Å². The molecule has 3 rings (SSSR count). The van der Waals surface area contributed by atoms with Crippen LogP contribution in [0.5, 0.6) is 0 Å². The molecule has 3 nitrogen and oxygen atoms in total. The maximum absolute atomic E-state index is 5.88. The van der Waals surface area contributed by atoms with Crippen molar-refractivity contribution >= 4 is 29.3 Å². The summed E-state index contributed by atoms with van der Waals surface area (Å²) < 4.78 is 5.88. The van der Waals surface area contributed by atoms with Gasteiger partial charge in [-0.1, -0.05) is 18.2 Å². The van der Waals surface area contributed by atoms with Gasteiger partial charge in [0.1, 0.15) is 5.58 Å². The fraction of sp³-hybridized carbons (Fsp3) is 0.375. The zero-order valence-corrected chi connectivity index (χ0v) is 11.8. The maximum Gasteiger partial charge on any atom is 0.225 e. The molecule has 2 aromatic rings. The Bertz CT molecular complexity index is 690. The second kappa shape index (κ2) is 3.80. The predicted octanol–water partition coefficient (Wildman–Crippen LogP) is 4.48. The van der Waals surface area contributed by atoms with Gasteiger partial charge >= 0.3 is 0 Å². The van der Waals surface area contributed by atoms with Crippen molar-refractivity contribution in [2.45, 2.75) is 33.2 Å². The lowest BCUT2D eigenvalue weighted by Crippen LogP contribution is -2.22. The van der Waals surface area contributed by atoms with E-state index in [2.05, 4.69) is 38.8 Å². The molecule has 0 saturated heterocycles. The first-order valence-corrected chi connectivity index (χ1v) is 6.53. The normalized spacial score (nSPS) is 20.0. The third-order valence-corrected chi connectivity index (χ3v) is 3.42. The Morgan fingerprint density at radius 3 is 2.53 bits per heavy atom. The lowest BCUT2D eigenvalue weighted by Gasteiger charge is -2.24. The minimum absolute atomic E-state index is 0.159. The second-order valence-electron chi connectivity index (χ2n) is 6.18. The number of furan rings is 1. The van der Waals surface area contributed by atoms with Gasteiger partial charge < -0.3 is 4.42 Å². The molecule has 0 spiro atoms. The van der Waals surface area contributed by atoms with Crippen LogP contribution in [0.1, 0.15) is 33.3 Å². The standard InChI is InChI=1S/C16H18N2O/c1-15(2)9-17-14-13(16(3,4)18-10-15)11-7-5-6-8-12(11)19-14/h5-10H,1-4H3. The number of benzene rings is 1. The fourth-order valence-electron chi connectivity index (χ4n) is 2.37. The molecule has 0 fully saturated rings. The first-order valence-electron chi connectivity index (χ1n) is 6.53. The lowest BCUT2D eigenvalue weighted by molar-refractivity contribution is 0.534. The Balaban J connectivity index is 2.35. The number of nitrogens with zero attached hydrogens (tertiary/aromatic N) is 2. The van der Waals surface area contributed by atoms with Crippen LogP contribution in [0.25, 0.3) is 11.0 Å². The summed E-state index contributed by atoms with van der Waals surface area (Å²) in [7, 11) is 0. The molecule has 3 heteroatoms. The number of para-hydroxylation sites is 1. The minimum Gasteiger partial charge on any atom is -0.438 e. The summed E-state index contributed by atoms with van der Waals surface area (Å²) in [6, 6.07) is 8.03. The van der Waals surface area contributed by atoms with Crippen LogP contribution in [-0.2, 0) is 5.54 Å². The molecular formula is C16H18N2O.